The molecule has 1 aromatic rings. The van der Waals surface area contributed by atoms with Crippen molar-refractivity contribution in [1.82, 2.24) is 0 Å². The zero-order valence-electron chi connectivity index (χ0n) is 9.53. The summed E-state index contributed by atoms with van der Waals surface area (Å²) in [5.74, 6) is 0.502. The molecule has 0 saturated heterocycles. The maximum absolute atomic E-state index is 13.3. The van der Waals surface area contributed by atoms with E-state index in [4.69, 9.17) is 5.11 Å². The molecule has 8 heteroatoms. The van der Waals surface area contributed by atoms with Gasteiger partial charge in [-0.15, -0.1) is 0 Å². The van der Waals surface area contributed by atoms with Gasteiger partial charge in [0.25, 0.3) is 10.0 Å². The van der Waals surface area contributed by atoms with Crippen LogP contribution >= 0.6 is 0 Å². The molecule has 1 aromatic carbocycles. The number of nitrogens with one attached hydrogen (secondary N) is 1. The monoisotopic (exact) mass is 293 g/mol. The van der Waals surface area contributed by atoms with Gasteiger partial charge in [-0.05, 0) is 18.2 Å². The minimum absolute atomic E-state index is 0.117. The summed E-state index contributed by atoms with van der Waals surface area (Å²) in [5.41, 5.74) is -0.363. The molecule has 0 radical (unpaired) electrons. The van der Waals surface area contributed by atoms with Gasteiger partial charge in [-0.3, -0.25) is 4.72 Å². The number of alkyl halides is 2. The summed E-state index contributed by atoms with van der Waals surface area (Å²) in [5, 5.41) is 8.51. The molecule has 0 fully saturated rings. The molecule has 0 aromatic heterocycles. The van der Waals surface area contributed by atoms with Crippen LogP contribution in [0.2, 0.25) is 0 Å². The number of hydrogen-bond acceptors (Lipinski definition) is 3. The Labute approximate surface area is 108 Å². The number of anilines is 1. The second-order valence-electron chi connectivity index (χ2n) is 3.38. The first-order chi connectivity index (χ1) is 8.86. The largest absolute Gasteiger partial charge is 0.395 e. The molecule has 0 aliphatic rings. The number of benzene rings is 1. The van der Waals surface area contributed by atoms with E-state index in [9.17, 15) is 21.6 Å². The van der Waals surface area contributed by atoms with Crippen molar-refractivity contribution < 1.29 is 26.7 Å². The van der Waals surface area contributed by atoms with Crippen LogP contribution in [-0.4, -0.2) is 25.9 Å². The Morgan fingerprint density at radius 1 is 1.37 bits per heavy atom. The summed E-state index contributed by atoms with van der Waals surface area (Å²) >= 11 is 0. The number of aliphatic hydroxyl groups is 1. The van der Waals surface area contributed by atoms with Crippen molar-refractivity contribution >= 4 is 15.7 Å². The molecule has 0 atom stereocenters. The average molecular weight is 293 g/mol. The Hall–Kier alpha value is -1.72. The second kappa shape index (κ2) is 6.45. The molecule has 1 rings (SSSR count). The van der Waals surface area contributed by atoms with E-state index < -0.39 is 21.6 Å². The molecule has 0 spiro atoms. The van der Waals surface area contributed by atoms with Crippen molar-refractivity contribution in [2.24, 2.45) is 0 Å². The molecular formula is C11H10F3NO3S. The molecule has 2 N–H and O–H groups in total. The molecule has 0 bridgehead atoms. The van der Waals surface area contributed by atoms with E-state index in [1.54, 1.807) is 4.72 Å². The molecule has 0 heterocycles. The lowest BCUT2D eigenvalue weighted by Crippen LogP contribution is -2.20. The van der Waals surface area contributed by atoms with E-state index in [-0.39, 0.29) is 24.3 Å². The van der Waals surface area contributed by atoms with Crippen molar-refractivity contribution in [3.63, 3.8) is 0 Å². The SMILES string of the molecule is O=S(=O)(Nc1ccc(F)c(C#CCCO)c1)C(F)F. The molecule has 104 valence electrons. The van der Waals surface area contributed by atoms with Crippen LogP contribution < -0.4 is 4.72 Å². The fourth-order valence-corrected chi connectivity index (χ4v) is 1.65. The molecule has 0 aliphatic carbocycles. The van der Waals surface area contributed by atoms with Gasteiger partial charge in [-0.2, -0.15) is 8.78 Å². The lowest BCUT2D eigenvalue weighted by molar-refractivity contribution is 0.236. The van der Waals surface area contributed by atoms with E-state index in [0.29, 0.717) is 0 Å². The van der Waals surface area contributed by atoms with Crippen molar-refractivity contribution in [3.05, 3.63) is 29.6 Å². The molecule has 0 amide bonds. The Bertz CT molecular complexity index is 605. The van der Waals surface area contributed by atoms with Crippen LogP contribution in [0.4, 0.5) is 18.9 Å². The normalized spacial score (nSPS) is 11.0. The van der Waals surface area contributed by atoms with Crippen LogP contribution in [0.5, 0.6) is 0 Å². The quantitative estimate of drug-likeness (QED) is 0.827. The van der Waals surface area contributed by atoms with Crippen LogP contribution in [-0.2, 0) is 10.0 Å². The predicted molar refractivity (Wildman–Crippen MR) is 63.5 cm³/mol. The number of aliphatic hydroxyl groups excluding tert-OH is 1. The minimum Gasteiger partial charge on any atom is -0.395 e. The lowest BCUT2D eigenvalue weighted by atomic mass is 10.2. The number of halogens is 3. The molecule has 0 aliphatic heterocycles. The Morgan fingerprint density at radius 2 is 2.05 bits per heavy atom. The third-order valence-electron chi connectivity index (χ3n) is 1.92. The summed E-state index contributed by atoms with van der Waals surface area (Å²) in [7, 11) is -4.80. The van der Waals surface area contributed by atoms with Crippen LogP contribution in [0.15, 0.2) is 18.2 Å². The van der Waals surface area contributed by atoms with Gasteiger partial charge in [-0.25, -0.2) is 12.8 Å². The van der Waals surface area contributed by atoms with Crippen molar-refractivity contribution in [2.75, 3.05) is 11.3 Å². The highest BCUT2D eigenvalue weighted by atomic mass is 32.2. The zero-order valence-corrected chi connectivity index (χ0v) is 10.3. The summed E-state index contributed by atoms with van der Waals surface area (Å²) < 4.78 is 61.1. The molecular weight excluding hydrogens is 283 g/mol. The molecule has 19 heavy (non-hydrogen) atoms. The number of hydrogen-bond donors (Lipinski definition) is 2. The molecule has 0 saturated carbocycles. The third kappa shape index (κ3) is 4.46. The molecule has 0 unspecified atom stereocenters. The van der Waals surface area contributed by atoms with Gasteiger partial charge in [0.05, 0.1) is 17.9 Å². The Morgan fingerprint density at radius 3 is 2.63 bits per heavy atom. The Kier molecular flexibility index (Phi) is 5.20. The van der Waals surface area contributed by atoms with Gasteiger partial charge >= 0.3 is 5.76 Å². The predicted octanol–water partition coefficient (Wildman–Crippen LogP) is 1.52. The van der Waals surface area contributed by atoms with E-state index in [0.717, 1.165) is 18.2 Å². The van der Waals surface area contributed by atoms with E-state index >= 15 is 0 Å². The second-order valence-corrected chi connectivity index (χ2v) is 5.03. The summed E-state index contributed by atoms with van der Waals surface area (Å²) in [6.45, 7) is -0.202. The maximum Gasteiger partial charge on any atom is 0.355 e. The number of rotatable bonds is 4. The van der Waals surface area contributed by atoms with E-state index in [2.05, 4.69) is 11.8 Å². The fraction of sp³-hybridized carbons (Fsp3) is 0.273. The van der Waals surface area contributed by atoms with E-state index in [1.165, 1.54) is 0 Å². The van der Waals surface area contributed by atoms with Crippen LogP contribution in [0, 0.1) is 17.7 Å². The third-order valence-corrected chi connectivity index (χ3v) is 2.91. The number of sulfonamides is 1. The molecule has 4 nitrogen and oxygen atoms in total. The Balaban J connectivity index is 3.01. The topological polar surface area (TPSA) is 66.4 Å². The average Bonchev–Trinajstić information content (AvgIpc) is 2.33. The lowest BCUT2D eigenvalue weighted by Gasteiger charge is -2.07. The highest BCUT2D eigenvalue weighted by Gasteiger charge is 2.23. The zero-order chi connectivity index (χ0) is 14.5. The van der Waals surface area contributed by atoms with Gasteiger partial charge in [0.2, 0.25) is 0 Å². The fourth-order valence-electron chi connectivity index (χ4n) is 1.11. The van der Waals surface area contributed by atoms with Crippen molar-refractivity contribution in [2.45, 2.75) is 12.2 Å². The minimum atomic E-state index is -4.80. The first kappa shape index (κ1) is 15.3. The van der Waals surface area contributed by atoms with Gasteiger partial charge in [0, 0.05) is 6.42 Å². The summed E-state index contributed by atoms with van der Waals surface area (Å²) in [6.07, 6.45) is 0.117. The van der Waals surface area contributed by atoms with Crippen LogP contribution in [0.25, 0.3) is 0 Å². The van der Waals surface area contributed by atoms with Gasteiger partial charge in [0.1, 0.15) is 5.82 Å². The standard InChI is InChI=1S/C11H10F3NO3S/c12-10-5-4-9(15-19(17,18)11(13)14)7-8(10)3-1-2-6-16/h4-5,7,11,15-16H,2,6H2. The van der Waals surface area contributed by atoms with E-state index in [1.807, 2.05) is 0 Å². The van der Waals surface area contributed by atoms with Crippen LogP contribution in [0.3, 0.4) is 0 Å². The maximum atomic E-state index is 13.3. The summed E-state index contributed by atoms with van der Waals surface area (Å²) in [6, 6.07) is 2.92. The first-order valence-electron chi connectivity index (χ1n) is 5.06. The van der Waals surface area contributed by atoms with Crippen molar-refractivity contribution in [3.8, 4) is 11.8 Å². The van der Waals surface area contributed by atoms with Gasteiger partial charge in [-0.1, -0.05) is 11.8 Å². The highest BCUT2D eigenvalue weighted by Crippen LogP contribution is 2.17. The smallest absolute Gasteiger partial charge is 0.355 e. The van der Waals surface area contributed by atoms with Gasteiger partial charge < -0.3 is 5.11 Å². The van der Waals surface area contributed by atoms with Crippen LogP contribution in [0.1, 0.15) is 12.0 Å². The van der Waals surface area contributed by atoms with Gasteiger partial charge in [0.15, 0.2) is 0 Å². The highest BCUT2D eigenvalue weighted by molar-refractivity contribution is 7.93. The first-order valence-corrected chi connectivity index (χ1v) is 6.60. The summed E-state index contributed by atoms with van der Waals surface area (Å²) in [4.78, 5) is 0. The van der Waals surface area contributed by atoms with Crippen molar-refractivity contribution in [1.29, 1.82) is 0 Å².